The molecule has 114 valence electrons. The molecule has 0 spiro atoms. The minimum Gasteiger partial charge on any atom is -0.486 e. The number of alkyl halides is 2. The van der Waals surface area contributed by atoms with Crippen LogP contribution in [0.2, 0.25) is 0 Å². The van der Waals surface area contributed by atoms with Gasteiger partial charge in [0.1, 0.15) is 12.4 Å². The van der Waals surface area contributed by atoms with Crippen molar-refractivity contribution < 1.29 is 21.9 Å². The summed E-state index contributed by atoms with van der Waals surface area (Å²) < 4.78 is 53.8. The van der Waals surface area contributed by atoms with E-state index in [2.05, 4.69) is 4.98 Å². The summed E-state index contributed by atoms with van der Waals surface area (Å²) >= 11 is 0. The second kappa shape index (κ2) is 5.98. The summed E-state index contributed by atoms with van der Waals surface area (Å²) in [4.78, 5) is 3.75. The Kier molecular flexibility index (Phi) is 4.48. The zero-order chi connectivity index (χ0) is 15.6. The molecule has 0 N–H and O–H groups in total. The number of aryl methyl sites for hydroxylation is 1. The maximum Gasteiger partial charge on any atom is 0.320 e. The van der Waals surface area contributed by atoms with Crippen LogP contribution in [-0.4, -0.2) is 18.0 Å². The number of hydrogen-bond donors (Lipinski definition) is 0. The van der Waals surface area contributed by atoms with Crippen molar-refractivity contribution in [3.8, 4) is 5.75 Å². The summed E-state index contributed by atoms with van der Waals surface area (Å²) in [6, 6.07) is 4.16. The number of nitrogens with zero attached hydrogens (tertiary/aromatic N) is 2. The van der Waals surface area contributed by atoms with E-state index in [0.717, 1.165) is 6.20 Å². The number of imidazole rings is 1. The molecular formula is C12H11ClF2N2O3S. The van der Waals surface area contributed by atoms with Crippen molar-refractivity contribution in [1.82, 2.24) is 9.55 Å². The van der Waals surface area contributed by atoms with Gasteiger partial charge in [0.2, 0.25) is 0 Å². The van der Waals surface area contributed by atoms with Crippen molar-refractivity contribution in [3.63, 3.8) is 0 Å². The van der Waals surface area contributed by atoms with Gasteiger partial charge in [0.15, 0.2) is 5.82 Å². The van der Waals surface area contributed by atoms with Crippen LogP contribution in [0.15, 0.2) is 35.5 Å². The van der Waals surface area contributed by atoms with Gasteiger partial charge in [-0.05, 0) is 30.7 Å². The minimum atomic E-state index is -3.83. The number of rotatable bonds is 5. The van der Waals surface area contributed by atoms with Crippen molar-refractivity contribution in [2.24, 2.45) is 0 Å². The first-order valence-electron chi connectivity index (χ1n) is 5.77. The summed E-state index contributed by atoms with van der Waals surface area (Å²) in [5, 5.41) is 0. The highest BCUT2D eigenvalue weighted by Gasteiger charge is 2.15. The highest BCUT2D eigenvalue weighted by atomic mass is 35.7. The first-order valence-corrected chi connectivity index (χ1v) is 8.08. The number of ether oxygens (including phenoxy) is 1. The van der Waals surface area contributed by atoms with E-state index in [9.17, 15) is 17.2 Å². The smallest absolute Gasteiger partial charge is 0.320 e. The SMILES string of the molecule is Cc1cc(OCc2nccn2C(F)F)ccc1S(=O)(=O)Cl. The molecule has 5 nitrogen and oxygen atoms in total. The van der Waals surface area contributed by atoms with Crippen LogP contribution in [0, 0.1) is 6.92 Å². The van der Waals surface area contributed by atoms with E-state index in [0.29, 0.717) is 15.9 Å². The molecule has 1 heterocycles. The Morgan fingerprint density at radius 2 is 2.14 bits per heavy atom. The summed E-state index contributed by atoms with van der Waals surface area (Å²) in [6.45, 7) is -1.30. The van der Waals surface area contributed by atoms with Gasteiger partial charge in [0.25, 0.3) is 9.05 Å². The molecule has 21 heavy (non-hydrogen) atoms. The highest BCUT2D eigenvalue weighted by molar-refractivity contribution is 8.13. The van der Waals surface area contributed by atoms with Crippen LogP contribution < -0.4 is 4.74 Å². The second-order valence-electron chi connectivity index (χ2n) is 4.18. The molecule has 0 unspecified atom stereocenters. The van der Waals surface area contributed by atoms with Crippen LogP contribution in [-0.2, 0) is 15.7 Å². The quantitative estimate of drug-likeness (QED) is 0.787. The lowest BCUT2D eigenvalue weighted by Gasteiger charge is -2.10. The van der Waals surface area contributed by atoms with Crippen LogP contribution in [0.25, 0.3) is 0 Å². The van der Waals surface area contributed by atoms with E-state index in [1.54, 1.807) is 6.92 Å². The number of aromatic nitrogens is 2. The molecule has 1 aromatic carbocycles. The molecule has 0 aliphatic carbocycles. The lowest BCUT2D eigenvalue weighted by atomic mass is 10.2. The van der Waals surface area contributed by atoms with E-state index < -0.39 is 15.6 Å². The standard InChI is InChI=1S/C12H11ClF2N2O3S/c1-8-6-9(2-3-10(8)21(13,18)19)20-7-11-16-4-5-17(11)12(14)15/h2-6,12H,7H2,1H3. The molecule has 0 saturated heterocycles. The third-order valence-corrected chi connectivity index (χ3v) is 4.22. The molecule has 0 bridgehead atoms. The number of halogens is 3. The van der Waals surface area contributed by atoms with Crippen LogP contribution in [0.4, 0.5) is 8.78 Å². The van der Waals surface area contributed by atoms with Gasteiger partial charge in [-0.15, -0.1) is 0 Å². The van der Waals surface area contributed by atoms with Crippen molar-refractivity contribution in [2.75, 3.05) is 0 Å². The summed E-state index contributed by atoms with van der Waals surface area (Å²) in [5.41, 5.74) is 0.403. The fourth-order valence-electron chi connectivity index (χ4n) is 1.77. The largest absolute Gasteiger partial charge is 0.486 e. The molecular weight excluding hydrogens is 326 g/mol. The van der Waals surface area contributed by atoms with E-state index in [1.165, 1.54) is 24.4 Å². The lowest BCUT2D eigenvalue weighted by molar-refractivity contribution is 0.0632. The van der Waals surface area contributed by atoms with Crippen molar-refractivity contribution in [2.45, 2.75) is 25.0 Å². The van der Waals surface area contributed by atoms with E-state index >= 15 is 0 Å². The van der Waals surface area contributed by atoms with Gasteiger partial charge in [0, 0.05) is 23.1 Å². The van der Waals surface area contributed by atoms with Crippen molar-refractivity contribution in [1.29, 1.82) is 0 Å². The molecule has 0 atom stereocenters. The van der Waals surface area contributed by atoms with Crippen LogP contribution in [0.3, 0.4) is 0 Å². The minimum absolute atomic E-state index is 0.0226. The van der Waals surface area contributed by atoms with Crippen LogP contribution in [0.5, 0.6) is 5.75 Å². The summed E-state index contributed by atoms with van der Waals surface area (Å²) in [7, 11) is 1.44. The molecule has 2 rings (SSSR count). The molecule has 2 aromatic rings. The Hall–Kier alpha value is -1.67. The summed E-state index contributed by atoms with van der Waals surface area (Å²) in [6.07, 6.45) is 2.40. The number of hydrogen-bond acceptors (Lipinski definition) is 4. The lowest BCUT2D eigenvalue weighted by Crippen LogP contribution is -2.07. The first kappa shape index (κ1) is 15.7. The topological polar surface area (TPSA) is 61.2 Å². The Balaban J connectivity index is 2.14. The molecule has 9 heteroatoms. The van der Waals surface area contributed by atoms with Gasteiger partial charge < -0.3 is 4.74 Å². The van der Waals surface area contributed by atoms with E-state index in [4.69, 9.17) is 15.4 Å². The maximum absolute atomic E-state index is 12.6. The van der Waals surface area contributed by atoms with Gasteiger partial charge in [-0.3, -0.25) is 4.57 Å². The Bertz CT molecular complexity index is 747. The second-order valence-corrected chi connectivity index (χ2v) is 6.72. The van der Waals surface area contributed by atoms with Gasteiger partial charge in [-0.25, -0.2) is 13.4 Å². The van der Waals surface area contributed by atoms with E-state index in [-0.39, 0.29) is 17.3 Å². The van der Waals surface area contributed by atoms with Gasteiger partial charge in [0.05, 0.1) is 4.90 Å². The monoisotopic (exact) mass is 336 g/mol. The first-order chi connectivity index (χ1) is 9.79. The fourth-order valence-corrected chi connectivity index (χ4v) is 2.96. The van der Waals surface area contributed by atoms with E-state index in [1.807, 2.05) is 0 Å². The van der Waals surface area contributed by atoms with Gasteiger partial charge in [-0.1, -0.05) is 0 Å². The average Bonchev–Trinajstić information content (AvgIpc) is 2.83. The Labute approximate surface area is 124 Å². The fraction of sp³-hybridized carbons (Fsp3) is 0.250. The van der Waals surface area contributed by atoms with Crippen molar-refractivity contribution in [3.05, 3.63) is 42.0 Å². The zero-order valence-electron chi connectivity index (χ0n) is 10.8. The molecule has 1 aromatic heterocycles. The highest BCUT2D eigenvalue weighted by Crippen LogP contribution is 2.24. The third kappa shape index (κ3) is 3.70. The van der Waals surface area contributed by atoms with Crippen molar-refractivity contribution >= 4 is 19.7 Å². The van der Waals surface area contributed by atoms with Gasteiger partial charge in [-0.2, -0.15) is 8.78 Å². The number of benzene rings is 1. The molecule has 0 radical (unpaired) electrons. The summed E-state index contributed by atoms with van der Waals surface area (Å²) in [5.74, 6) is 0.400. The molecule has 0 amide bonds. The Morgan fingerprint density at radius 1 is 1.43 bits per heavy atom. The molecule has 0 fully saturated rings. The molecule has 0 aliphatic rings. The predicted molar refractivity (Wildman–Crippen MR) is 72.0 cm³/mol. The average molecular weight is 337 g/mol. The molecule has 0 aliphatic heterocycles. The molecule has 0 saturated carbocycles. The Morgan fingerprint density at radius 3 is 2.71 bits per heavy atom. The van der Waals surface area contributed by atoms with Crippen LogP contribution >= 0.6 is 10.7 Å². The predicted octanol–water partition coefficient (Wildman–Crippen LogP) is 3.09. The van der Waals surface area contributed by atoms with Gasteiger partial charge >= 0.3 is 6.55 Å². The van der Waals surface area contributed by atoms with Crippen LogP contribution in [0.1, 0.15) is 17.9 Å². The zero-order valence-corrected chi connectivity index (χ0v) is 12.4. The normalized spacial score (nSPS) is 11.9. The maximum atomic E-state index is 12.6. The third-order valence-electron chi connectivity index (χ3n) is 2.74.